The molecule has 0 aromatic rings. The third-order valence-corrected chi connectivity index (χ3v) is 5.77. The summed E-state index contributed by atoms with van der Waals surface area (Å²) in [6.45, 7) is 4.60. The summed E-state index contributed by atoms with van der Waals surface area (Å²) in [4.78, 5) is 25.0. The highest BCUT2D eigenvalue weighted by atomic mass is 32.2. The minimum Gasteiger partial charge on any atom is -0.478 e. The predicted octanol–water partition coefficient (Wildman–Crippen LogP) is 3.25. The van der Waals surface area contributed by atoms with Crippen LogP contribution in [0.5, 0.6) is 0 Å². The molecule has 0 saturated heterocycles. The van der Waals surface area contributed by atoms with Crippen molar-refractivity contribution >= 4 is 40.1 Å². The number of carbonyl (C=O) groups excluding carboxylic acids is 2. The van der Waals surface area contributed by atoms with E-state index in [0.29, 0.717) is 24.0 Å². The molecule has 5 atom stereocenters. The quantitative estimate of drug-likeness (QED) is 0.438. The second-order valence-corrected chi connectivity index (χ2v) is 7.66. The van der Waals surface area contributed by atoms with Gasteiger partial charge >= 0.3 is 5.97 Å². The van der Waals surface area contributed by atoms with Gasteiger partial charge in [0.15, 0.2) is 0 Å². The zero-order valence-corrected chi connectivity index (χ0v) is 15.5. The second-order valence-electron chi connectivity index (χ2n) is 6.25. The minimum atomic E-state index is -0.355. The van der Waals surface area contributed by atoms with E-state index < -0.39 is 0 Å². The van der Waals surface area contributed by atoms with Crippen molar-refractivity contribution in [2.45, 2.75) is 26.7 Å². The summed E-state index contributed by atoms with van der Waals surface area (Å²) < 4.78 is 11.2. The van der Waals surface area contributed by atoms with Gasteiger partial charge in [0.2, 0.25) is 4.38 Å². The number of rotatable bonds is 4. The van der Waals surface area contributed by atoms with Crippen LogP contribution in [0.25, 0.3) is 0 Å². The van der Waals surface area contributed by atoms with Crippen LogP contribution in [0, 0.1) is 29.6 Å². The molecule has 2 aliphatic rings. The van der Waals surface area contributed by atoms with Crippen molar-refractivity contribution < 1.29 is 19.1 Å². The van der Waals surface area contributed by atoms with Crippen molar-refractivity contribution in [3.05, 3.63) is 12.2 Å². The Labute approximate surface area is 147 Å². The SMILES string of the molecule is CCOC(=O)[C@@H]1[C@H]2C(=O)C[C@@H](COC(=S)SC)C[C@@H]2C=C[C@@H]1C. The molecule has 0 aromatic heterocycles. The smallest absolute Gasteiger partial charge is 0.310 e. The molecule has 2 rings (SSSR count). The number of allylic oxidation sites excluding steroid dienone is 2. The Balaban J connectivity index is 2.08. The van der Waals surface area contributed by atoms with Gasteiger partial charge in [-0.25, -0.2) is 0 Å². The number of hydrogen-bond acceptors (Lipinski definition) is 6. The molecule has 23 heavy (non-hydrogen) atoms. The first kappa shape index (κ1) is 18.5. The number of carbonyl (C=O) groups is 2. The van der Waals surface area contributed by atoms with Crippen molar-refractivity contribution in [3.8, 4) is 0 Å². The summed E-state index contributed by atoms with van der Waals surface area (Å²) in [6, 6.07) is 0. The van der Waals surface area contributed by atoms with Gasteiger partial charge < -0.3 is 9.47 Å². The maximum absolute atomic E-state index is 12.7. The van der Waals surface area contributed by atoms with Crippen LogP contribution in [0.15, 0.2) is 12.2 Å². The summed E-state index contributed by atoms with van der Waals surface area (Å²) in [5.41, 5.74) is 0. The molecule has 6 heteroatoms. The molecule has 0 aliphatic heterocycles. The third-order valence-electron chi connectivity index (χ3n) is 4.71. The fourth-order valence-corrected chi connectivity index (χ4v) is 3.93. The molecule has 0 unspecified atom stereocenters. The van der Waals surface area contributed by atoms with Crippen molar-refractivity contribution in [1.82, 2.24) is 0 Å². The van der Waals surface area contributed by atoms with Gasteiger partial charge in [0.25, 0.3) is 0 Å². The Morgan fingerprint density at radius 3 is 2.78 bits per heavy atom. The standard InChI is InChI=1S/C17H24O4S2/c1-4-20-16(19)14-10(2)5-6-12-7-11(8-13(18)15(12)14)9-21-17(22)23-3/h5-6,10-12,14-15H,4,7-9H2,1-3H3/t10-,11-,12-,14-,15+/m0/s1. The maximum atomic E-state index is 12.7. The van der Waals surface area contributed by atoms with Gasteiger partial charge in [-0.05, 0) is 43.7 Å². The lowest BCUT2D eigenvalue weighted by Crippen LogP contribution is -2.45. The topological polar surface area (TPSA) is 52.6 Å². The van der Waals surface area contributed by atoms with E-state index in [4.69, 9.17) is 21.7 Å². The molecular formula is C17H24O4S2. The Morgan fingerprint density at radius 2 is 2.13 bits per heavy atom. The number of esters is 1. The molecule has 0 heterocycles. The summed E-state index contributed by atoms with van der Waals surface area (Å²) in [7, 11) is 0. The zero-order chi connectivity index (χ0) is 17.0. The van der Waals surface area contributed by atoms with Crippen molar-refractivity contribution in [2.75, 3.05) is 19.5 Å². The number of ether oxygens (including phenoxy) is 2. The van der Waals surface area contributed by atoms with Gasteiger partial charge in [0, 0.05) is 18.3 Å². The molecule has 0 amide bonds. The van der Waals surface area contributed by atoms with Crippen LogP contribution in [0.3, 0.4) is 0 Å². The predicted molar refractivity (Wildman–Crippen MR) is 95.2 cm³/mol. The molecule has 4 nitrogen and oxygen atoms in total. The average Bonchev–Trinajstić information content (AvgIpc) is 2.53. The van der Waals surface area contributed by atoms with Crippen molar-refractivity contribution in [1.29, 1.82) is 0 Å². The first-order valence-corrected chi connectivity index (χ1v) is 9.69. The van der Waals surface area contributed by atoms with E-state index in [1.165, 1.54) is 11.8 Å². The first-order valence-electron chi connectivity index (χ1n) is 8.06. The molecule has 1 fully saturated rings. The van der Waals surface area contributed by atoms with E-state index in [1.54, 1.807) is 6.92 Å². The van der Waals surface area contributed by atoms with E-state index in [0.717, 1.165) is 6.42 Å². The zero-order valence-electron chi connectivity index (χ0n) is 13.8. The van der Waals surface area contributed by atoms with Gasteiger partial charge in [0.05, 0.1) is 19.1 Å². The van der Waals surface area contributed by atoms with Crippen LogP contribution < -0.4 is 0 Å². The largest absolute Gasteiger partial charge is 0.478 e. The average molecular weight is 357 g/mol. The van der Waals surface area contributed by atoms with E-state index in [2.05, 4.69) is 6.08 Å². The van der Waals surface area contributed by atoms with Gasteiger partial charge in [0.1, 0.15) is 5.78 Å². The molecule has 128 valence electrons. The molecule has 0 radical (unpaired) electrons. The first-order chi connectivity index (χ1) is 11.0. The highest BCUT2D eigenvalue weighted by Crippen LogP contribution is 2.43. The van der Waals surface area contributed by atoms with Crippen LogP contribution in [0.2, 0.25) is 0 Å². The Morgan fingerprint density at radius 1 is 1.39 bits per heavy atom. The third kappa shape index (κ3) is 4.35. The summed E-state index contributed by atoms with van der Waals surface area (Å²) in [5.74, 6) is -0.404. The molecule has 1 saturated carbocycles. The molecule has 0 N–H and O–H groups in total. The number of ketones is 1. The van der Waals surface area contributed by atoms with Crippen LogP contribution in [-0.4, -0.2) is 35.6 Å². The van der Waals surface area contributed by atoms with Crippen molar-refractivity contribution in [3.63, 3.8) is 0 Å². The van der Waals surface area contributed by atoms with Crippen LogP contribution >= 0.6 is 24.0 Å². The lowest BCUT2D eigenvalue weighted by atomic mass is 9.62. The van der Waals surface area contributed by atoms with E-state index in [9.17, 15) is 9.59 Å². The highest BCUT2D eigenvalue weighted by molar-refractivity contribution is 8.22. The normalized spacial score (nSPS) is 33.0. The summed E-state index contributed by atoms with van der Waals surface area (Å²) in [5, 5.41) is 0. The van der Waals surface area contributed by atoms with Gasteiger partial charge in [-0.3, -0.25) is 9.59 Å². The number of thiocarbonyl (C=S) groups is 1. The van der Waals surface area contributed by atoms with Crippen LogP contribution in [0.1, 0.15) is 26.7 Å². The lowest BCUT2D eigenvalue weighted by Gasteiger charge is -2.41. The lowest BCUT2D eigenvalue weighted by molar-refractivity contribution is -0.157. The summed E-state index contributed by atoms with van der Waals surface area (Å²) in [6.07, 6.45) is 7.33. The Kier molecular flexibility index (Phi) is 6.65. The van der Waals surface area contributed by atoms with Crippen molar-refractivity contribution in [2.24, 2.45) is 29.6 Å². The van der Waals surface area contributed by atoms with Gasteiger partial charge in [-0.1, -0.05) is 30.8 Å². The number of hydrogen-bond donors (Lipinski definition) is 0. The Bertz CT molecular complexity index is 503. The fraction of sp³-hybridized carbons (Fsp3) is 0.706. The fourth-order valence-electron chi connectivity index (χ4n) is 3.68. The monoisotopic (exact) mass is 356 g/mol. The molecule has 0 bridgehead atoms. The van der Waals surface area contributed by atoms with E-state index in [1.807, 2.05) is 19.3 Å². The Hall–Kier alpha value is -0.880. The number of thioether (sulfide) groups is 1. The molecular weight excluding hydrogens is 332 g/mol. The van der Waals surface area contributed by atoms with Gasteiger partial charge in [-0.2, -0.15) is 0 Å². The molecule has 0 spiro atoms. The van der Waals surface area contributed by atoms with Gasteiger partial charge in [-0.15, -0.1) is 0 Å². The second kappa shape index (κ2) is 8.29. The molecule has 0 aromatic carbocycles. The number of Topliss-reactive ketones (excluding diaryl/α,β-unsaturated/α-hetero) is 1. The van der Waals surface area contributed by atoms with E-state index >= 15 is 0 Å². The summed E-state index contributed by atoms with van der Waals surface area (Å²) >= 11 is 6.44. The molecule has 2 aliphatic carbocycles. The van der Waals surface area contributed by atoms with Crippen LogP contribution in [-0.2, 0) is 19.1 Å². The minimum absolute atomic E-state index is 0.0381. The highest BCUT2D eigenvalue weighted by Gasteiger charge is 2.47. The van der Waals surface area contributed by atoms with E-state index in [-0.39, 0.29) is 41.3 Å². The number of fused-ring (bicyclic) bond motifs is 1. The maximum Gasteiger partial charge on any atom is 0.310 e. The van der Waals surface area contributed by atoms with Crippen LogP contribution in [0.4, 0.5) is 0 Å².